The van der Waals surface area contributed by atoms with Crippen LogP contribution in [0.2, 0.25) is 0 Å². The van der Waals surface area contributed by atoms with Crippen molar-refractivity contribution >= 4 is 67.0 Å². The summed E-state index contributed by atoms with van der Waals surface area (Å²) in [5, 5.41) is 4.99. The number of hydrogen-bond donors (Lipinski definition) is 0. The van der Waals surface area contributed by atoms with E-state index < -0.39 is 23.9 Å². The van der Waals surface area contributed by atoms with Gasteiger partial charge in [0.25, 0.3) is 0 Å². The van der Waals surface area contributed by atoms with E-state index in [1.165, 1.54) is 0 Å². The molecule has 0 aliphatic heterocycles. The fourth-order valence-corrected chi connectivity index (χ4v) is 5.49. The van der Waals surface area contributed by atoms with Gasteiger partial charge in [-0.25, -0.2) is 19.2 Å². The fourth-order valence-electron chi connectivity index (χ4n) is 5.49. The monoisotopic (exact) mass is 540 g/mol. The van der Waals surface area contributed by atoms with Crippen LogP contribution in [-0.4, -0.2) is 50.3 Å². The van der Waals surface area contributed by atoms with Crippen LogP contribution in [0.1, 0.15) is 69.1 Å². The maximum absolute atomic E-state index is 13.7. The summed E-state index contributed by atoms with van der Waals surface area (Å²) in [6, 6.07) is 14.8. The number of fused-ring (bicyclic) bond motifs is 2. The number of rotatable bonds is 8. The fraction of sp³-hybridized carbons (Fsp3) is 0.250. The molecule has 5 aromatic rings. The summed E-state index contributed by atoms with van der Waals surface area (Å²) in [6.45, 7) is 6.69. The Bertz CT molecular complexity index is 1810. The Labute approximate surface area is 230 Å². The second-order valence-corrected chi connectivity index (χ2v) is 9.00. The molecule has 0 aromatic heterocycles. The van der Waals surface area contributed by atoms with Crippen LogP contribution in [0.4, 0.5) is 0 Å². The van der Waals surface area contributed by atoms with Crippen molar-refractivity contribution in [2.24, 2.45) is 0 Å². The molecule has 0 bridgehead atoms. The van der Waals surface area contributed by atoms with Gasteiger partial charge in [0.2, 0.25) is 0 Å². The predicted octanol–water partition coefficient (Wildman–Crippen LogP) is 6.44. The molecular weight excluding hydrogens is 512 g/mol. The van der Waals surface area contributed by atoms with Gasteiger partial charge in [-0.3, -0.25) is 0 Å². The third-order valence-corrected chi connectivity index (χ3v) is 6.85. The number of carbonyl (C=O) groups is 4. The second-order valence-electron chi connectivity index (χ2n) is 9.00. The highest BCUT2D eigenvalue weighted by Crippen LogP contribution is 2.46. The molecular formula is C32H28O8. The lowest BCUT2D eigenvalue weighted by molar-refractivity contribution is 0.0461. The first kappa shape index (κ1) is 26.9. The van der Waals surface area contributed by atoms with Gasteiger partial charge in [0.05, 0.1) is 48.7 Å². The van der Waals surface area contributed by atoms with Gasteiger partial charge < -0.3 is 18.9 Å². The normalized spacial score (nSPS) is 11.3. The van der Waals surface area contributed by atoms with E-state index in [-0.39, 0.29) is 54.1 Å². The van der Waals surface area contributed by atoms with Crippen molar-refractivity contribution in [1.29, 1.82) is 0 Å². The maximum Gasteiger partial charge on any atom is 0.339 e. The zero-order valence-corrected chi connectivity index (χ0v) is 22.7. The molecule has 8 nitrogen and oxygen atoms in total. The third-order valence-electron chi connectivity index (χ3n) is 6.85. The number of ether oxygens (including phenoxy) is 4. The lowest BCUT2D eigenvalue weighted by Gasteiger charge is -2.23. The summed E-state index contributed by atoms with van der Waals surface area (Å²) >= 11 is 0. The first-order chi connectivity index (χ1) is 19.4. The second kappa shape index (κ2) is 10.8. The summed E-state index contributed by atoms with van der Waals surface area (Å²) in [6.07, 6.45) is 0. The van der Waals surface area contributed by atoms with Gasteiger partial charge >= 0.3 is 23.9 Å². The maximum atomic E-state index is 13.7. The number of esters is 4. The molecule has 5 aromatic carbocycles. The van der Waals surface area contributed by atoms with Gasteiger partial charge in [0.15, 0.2) is 0 Å². The van der Waals surface area contributed by atoms with Crippen molar-refractivity contribution < 1.29 is 38.1 Å². The van der Waals surface area contributed by atoms with Gasteiger partial charge in [0.1, 0.15) is 0 Å². The van der Waals surface area contributed by atoms with Crippen LogP contribution in [0, 0.1) is 0 Å². The molecule has 0 unspecified atom stereocenters. The van der Waals surface area contributed by atoms with E-state index in [4.69, 9.17) is 18.9 Å². The zero-order chi connectivity index (χ0) is 28.6. The minimum atomic E-state index is -0.905. The molecule has 0 spiro atoms. The molecule has 0 aliphatic carbocycles. The van der Waals surface area contributed by atoms with E-state index in [0.29, 0.717) is 21.5 Å². The van der Waals surface area contributed by atoms with E-state index in [1.807, 2.05) is 36.4 Å². The molecule has 0 fully saturated rings. The van der Waals surface area contributed by atoms with Crippen LogP contribution in [0.3, 0.4) is 0 Å². The standard InChI is InChI=1S/C32H28O8/c1-5-37-29(33)21-16-15-19-18-13-9-11-17-12-10-14-20(22(17)18)24-23(19)25(21)27(31(35)39-7-3)28(32(36)40-8-4)26(24)30(34)38-6-2/h9-16H,5-8H2,1-4H3. The van der Waals surface area contributed by atoms with Crippen molar-refractivity contribution in [2.45, 2.75) is 27.7 Å². The van der Waals surface area contributed by atoms with E-state index in [9.17, 15) is 19.2 Å². The van der Waals surface area contributed by atoms with Gasteiger partial charge in [0, 0.05) is 16.2 Å². The zero-order valence-electron chi connectivity index (χ0n) is 22.7. The Morgan fingerprint density at radius 3 is 1.52 bits per heavy atom. The lowest BCUT2D eigenvalue weighted by atomic mass is 9.81. The highest BCUT2D eigenvalue weighted by atomic mass is 16.5. The number of hydrogen-bond acceptors (Lipinski definition) is 8. The minimum absolute atomic E-state index is 0.00431. The Hall–Kier alpha value is -4.72. The summed E-state index contributed by atoms with van der Waals surface area (Å²) < 4.78 is 21.6. The molecule has 0 atom stereocenters. The summed E-state index contributed by atoms with van der Waals surface area (Å²) in [4.78, 5) is 54.4. The Kier molecular flexibility index (Phi) is 7.26. The van der Waals surface area contributed by atoms with E-state index in [0.717, 1.165) is 16.2 Å². The smallest absolute Gasteiger partial charge is 0.339 e. The Morgan fingerprint density at radius 1 is 0.475 bits per heavy atom. The molecule has 0 radical (unpaired) electrons. The van der Waals surface area contributed by atoms with Crippen LogP contribution in [0.5, 0.6) is 0 Å². The van der Waals surface area contributed by atoms with Crippen molar-refractivity contribution in [1.82, 2.24) is 0 Å². The van der Waals surface area contributed by atoms with Gasteiger partial charge in [-0.1, -0.05) is 42.5 Å². The SMILES string of the molecule is CCOC(=O)c1c(C(=O)OCC)c2c(C(=O)OCC)ccc3c4cccc5cccc(c(c1C(=O)OCC)c23)c54. The molecule has 8 heteroatoms. The van der Waals surface area contributed by atoms with Crippen molar-refractivity contribution in [3.8, 4) is 0 Å². The van der Waals surface area contributed by atoms with Crippen LogP contribution in [0.25, 0.3) is 43.1 Å². The lowest BCUT2D eigenvalue weighted by Crippen LogP contribution is -2.22. The number of carbonyl (C=O) groups excluding carboxylic acids is 4. The average Bonchev–Trinajstić information content (AvgIpc) is 2.95. The summed E-state index contributed by atoms with van der Waals surface area (Å²) in [5.74, 6) is -3.25. The molecule has 0 saturated carbocycles. The third kappa shape index (κ3) is 4.07. The van der Waals surface area contributed by atoms with Gasteiger partial charge in [-0.05, 0) is 60.7 Å². The van der Waals surface area contributed by atoms with E-state index in [2.05, 4.69) is 0 Å². The molecule has 5 rings (SSSR count). The number of benzene rings is 5. The quantitative estimate of drug-likeness (QED) is 0.0958. The largest absolute Gasteiger partial charge is 0.462 e. The van der Waals surface area contributed by atoms with Crippen LogP contribution >= 0.6 is 0 Å². The summed E-state index contributed by atoms with van der Waals surface area (Å²) in [7, 11) is 0. The van der Waals surface area contributed by atoms with Crippen LogP contribution < -0.4 is 0 Å². The van der Waals surface area contributed by atoms with Gasteiger partial charge in [-0.2, -0.15) is 0 Å². The molecule has 0 heterocycles. The van der Waals surface area contributed by atoms with E-state index in [1.54, 1.807) is 39.8 Å². The molecule has 40 heavy (non-hydrogen) atoms. The van der Waals surface area contributed by atoms with E-state index >= 15 is 0 Å². The first-order valence-corrected chi connectivity index (χ1v) is 13.3. The molecule has 204 valence electrons. The van der Waals surface area contributed by atoms with Crippen LogP contribution in [0.15, 0.2) is 48.5 Å². The average molecular weight is 541 g/mol. The molecule has 0 saturated heterocycles. The van der Waals surface area contributed by atoms with Crippen molar-refractivity contribution in [2.75, 3.05) is 26.4 Å². The molecule has 0 aliphatic rings. The minimum Gasteiger partial charge on any atom is -0.462 e. The Morgan fingerprint density at radius 2 is 0.950 bits per heavy atom. The molecule has 0 N–H and O–H groups in total. The topological polar surface area (TPSA) is 105 Å². The highest BCUT2D eigenvalue weighted by molar-refractivity contribution is 6.40. The van der Waals surface area contributed by atoms with Crippen molar-refractivity contribution in [3.05, 3.63) is 70.8 Å². The first-order valence-electron chi connectivity index (χ1n) is 13.3. The highest BCUT2D eigenvalue weighted by Gasteiger charge is 2.36. The summed E-state index contributed by atoms with van der Waals surface area (Å²) in [5.41, 5.74) is -0.587. The van der Waals surface area contributed by atoms with Crippen molar-refractivity contribution in [3.63, 3.8) is 0 Å². The molecule has 0 amide bonds. The van der Waals surface area contributed by atoms with Gasteiger partial charge in [-0.15, -0.1) is 0 Å². The Balaban J connectivity index is 2.19. The predicted molar refractivity (Wildman–Crippen MR) is 151 cm³/mol. The van der Waals surface area contributed by atoms with Crippen LogP contribution in [-0.2, 0) is 18.9 Å².